The van der Waals surface area contributed by atoms with Crippen LogP contribution in [-0.2, 0) is 14.3 Å². The maximum Gasteiger partial charge on any atom is 0.305 e. The molecule has 0 radical (unpaired) electrons. The van der Waals surface area contributed by atoms with Gasteiger partial charge in [-0.2, -0.15) is 11.8 Å². The molecule has 1 unspecified atom stereocenters. The molecule has 6 heteroatoms. The van der Waals surface area contributed by atoms with Gasteiger partial charge in [0.15, 0.2) is 0 Å². The van der Waals surface area contributed by atoms with Crippen molar-refractivity contribution in [2.45, 2.75) is 12.5 Å². The highest BCUT2D eigenvalue weighted by molar-refractivity contribution is 7.99. The normalized spacial score (nSPS) is 21.4. The van der Waals surface area contributed by atoms with Crippen LogP contribution >= 0.6 is 11.8 Å². The number of carbonyl (C=O) groups excluding carboxylic acids is 1. The van der Waals surface area contributed by atoms with Crippen LogP contribution in [0.25, 0.3) is 0 Å². The predicted molar refractivity (Wildman–Crippen MR) is 57.0 cm³/mol. The molecule has 15 heavy (non-hydrogen) atoms. The highest BCUT2D eigenvalue weighted by Gasteiger charge is 2.28. The second kappa shape index (κ2) is 5.97. The van der Waals surface area contributed by atoms with Crippen molar-refractivity contribution in [3.63, 3.8) is 0 Å². The molecule has 1 aliphatic rings. The minimum Gasteiger partial charge on any atom is -0.481 e. The molecule has 86 valence electrons. The van der Waals surface area contributed by atoms with Crippen molar-refractivity contribution in [3.05, 3.63) is 0 Å². The van der Waals surface area contributed by atoms with Gasteiger partial charge in [0.1, 0.15) is 0 Å². The van der Waals surface area contributed by atoms with Crippen LogP contribution in [0.1, 0.15) is 6.42 Å². The molecule has 1 N–H and O–H groups in total. The lowest BCUT2D eigenvalue weighted by atomic mass is 10.1. The van der Waals surface area contributed by atoms with Gasteiger partial charge in [-0.25, -0.2) is 0 Å². The Morgan fingerprint density at radius 2 is 2.33 bits per heavy atom. The van der Waals surface area contributed by atoms with E-state index < -0.39 is 5.97 Å². The summed E-state index contributed by atoms with van der Waals surface area (Å²) in [5.74, 6) is -0.500. The topological polar surface area (TPSA) is 66.8 Å². The molecule has 1 atom stereocenters. The summed E-state index contributed by atoms with van der Waals surface area (Å²) in [6.45, 7) is 1.32. The molecule has 1 amide bonds. The molecular weight excluding hydrogens is 218 g/mol. The Labute approximate surface area is 92.8 Å². The minimum absolute atomic E-state index is 0.00273. The molecule has 1 heterocycles. The first-order chi connectivity index (χ1) is 7.15. The third-order valence-corrected chi connectivity index (χ3v) is 2.76. The van der Waals surface area contributed by atoms with Gasteiger partial charge in [0.25, 0.3) is 0 Å². The van der Waals surface area contributed by atoms with Crippen molar-refractivity contribution < 1.29 is 19.4 Å². The first kappa shape index (κ1) is 12.3. The fourth-order valence-corrected chi connectivity index (χ4v) is 1.97. The van der Waals surface area contributed by atoms with E-state index in [4.69, 9.17) is 9.84 Å². The Morgan fingerprint density at radius 3 is 2.93 bits per heavy atom. The lowest BCUT2D eigenvalue weighted by Crippen LogP contribution is -2.50. The summed E-state index contributed by atoms with van der Waals surface area (Å²) in [4.78, 5) is 23.9. The van der Waals surface area contributed by atoms with Crippen molar-refractivity contribution in [1.29, 1.82) is 0 Å². The van der Waals surface area contributed by atoms with Crippen LogP contribution in [0.4, 0.5) is 0 Å². The van der Waals surface area contributed by atoms with E-state index in [1.807, 2.05) is 6.26 Å². The van der Waals surface area contributed by atoms with Crippen LogP contribution in [0.2, 0.25) is 0 Å². The number of carbonyl (C=O) groups is 2. The molecule has 0 aromatic rings. The van der Waals surface area contributed by atoms with Crippen LogP contribution in [0.3, 0.4) is 0 Å². The SMILES string of the molecule is CSCC(=O)N1CCOCC1CC(=O)O. The second-order valence-corrected chi connectivity index (χ2v) is 4.21. The Morgan fingerprint density at radius 1 is 1.60 bits per heavy atom. The number of amides is 1. The zero-order valence-corrected chi connectivity index (χ0v) is 9.46. The van der Waals surface area contributed by atoms with Gasteiger partial charge < -0.3 is 14.7 Å². The minimum atomic E-state index is -0.896. The molecule has 0 aliphatic carbocycles. The summed E-state index contributed by atoms with van der Waals surface area (Å²) in [5, 5.41) is 8.70. The molecule has 1 saturated heterocycles. The molecule has 1 aliphatic heterocycles. The van der Waals surface area contributed by atoms with Gasteiger partial charge in [-0.1, -0.05) is 0 Å². The molecule has 5 nitrogen and oxygen atoms in total. The average Bonchev–Trinajstić information content (AvgIpc) is 2.18. The Balaban J connectivity index is 2.56. The number of hydrogen-bond donors (Lipinski definition) is 1. The largest absolute Gasteiger partial charge is 0.481 e. The maximum absolute atomic E-state index is 11.6. The molecule has 0 spiro atoms. The number of thioether (sulfide) groups is 1. The van der Waals surface area contributed by atoms with E-state index in [2.05, 4.69) is 0 Å². The standard InChI is InChI=1S/C9H15NO4S/c1-15-6-8(11)10-2-3-14-5-7(10)4-9(12)13/h7H,2-6H2,1H3,(H,12,13). The fraction of sp³-hybridized carbons (Fsp3) is 0.778. The van der Waals surface area contributed by atoms with Crippen molar-refractivity contribution in [1.82, 2.24) is 4.90 Å². The van der Waals surface area contributed by atoms with E-state index in [1.165, 1.54) is 11.8 Å². The number of carboxylic acids is 1. The Bertz CT molecular complexity index is 246. The summed E-state index contributed by atoms with van der Waals surface area (Å²) in [6.07, 6.45) is 1.81. The van der Waals surface area contributed by atoms with Crippen LogP contribution < -0.4 is 0 Å². The number of ether oxygens (including phenoxy) is 1. The fourth-order valence-electron chi connectivity index (χ4n) is 1.56. The van der Waals surface area contributed by atoms with Gasteiger partial charge in [-0.3, -0.25) is 9.59 Å². The summed E-state index contributed by atoms with van der Waals surface area (Å²) < 4.78 is 5.18. The third-order valence-electron chi connectivity index (χ3n) is 2.23. The van der Waals surface area contributed by atoms with Crippen LogP contribution in [0.15, 0.2) is 0 Å². The summed E-state index contributed by atoms with van der Waals surface area (Å²) in [5.41, 5.74) is 0. The van der Waals surface area contributed by atoms with Crippen LogP contribution in [-0.4, -0.2) is 59.7 Å². The van der Waals surface area contributed by atoms with Crippen molar-refractivity contribution in [2.24, 2.45) is 0 Å². The molecule has 0 bridgehead atoms. The zero-order valence-electron chi connectivity index (χ0n) is 8.64. The summed E-state index contributed by atoms with van der Waals surface area (Å²) in [6, 6.07) is -0.309. The van der Waals surface area contributed by atoms with E-state index in [0.717, 1.165) is 0 Å². The Hall–Kier alpha value is -0.750. The highest BCUT2D eigenvalue weighted by Crippen LogP contribution is 2.12. The lowest BCUT2D eigenvalue weighted by Gasteiger charge is -2.34. The number of rotatable bonds is 4. The average molecular weight is 233 g/mol. The molecule has 0 aromatic heterocycles. The molecule has 0 saturated carbocycles. The van der Waals surface area contributed by atoms with Crippen molar-refractivity contribution >= 4 is 23.6 Å². The van der Waals surface area contributed by atoms with E-state index in [0.29, 0.717) is 25.5 Å². The number of hydrogen-bond acceptors (Lipinski definition) is 4. The van der Waals surface area contributed by atoms with Gasteiger partial charge in [-0.05, 0) is 6.26 Å². The van der Waals surface area contributed by atoms with E-state index in [9.17, 15) is 9.59 Å². The number of aliphatic carboxylic acids is 1. The van der Waals surface area contributed by atoms with Crippen LogP contribution in [0, 0.1) is 0 Å². The monoisotopic (exact) mass is 233 g/mol. The van der Waals surface area contributed by atoms with Gasteiger partial charge in [0, 0.05) is 6.54 Å². The number of nitrogens with zero attached hydrogens (tertiary/aromatic N) is 1. The smallest absolute Gasteiger partial charge is 0.305 e. The first-order valence-corrected chi connectivity index (χ1v) is 6.12. The Kier molecular flexibility index (Phi) is 4.90. The van der Waals surface area contributed by atoms with Gasteiger partial charge in [-0.15, -0.1) is 0 Å². The molecule has 1 fully saturated rings. The highest BCUT2D eigenvalue weighted by atomic mass is 32.2. The summed E-state index contributed by atoms with van der Waals surface area (Å²) in [7, 11) is 0. The van der Waals surface area contributed by atoms with E-state index >= 15 is 0 Å². The number of morpholine rings is 1. The van der Waals surface area contributed by atoms with Crippen LogP contribution in [0.5, 0.6) is 0 Å². The maximum atomic E-state index is 11.6. The van der Waals surface area contributed by atoms with E-state index in [-0.39, 0.29) is 18.4 Å². The third kappa shape index (κ3) is 3.71. The number of carboxylic acid groups (broad SMARTS) is 1. The quantitative estimate of drug-likeness (QED) is 0.743. The predicted octanol–water partition coefficient (Wildman–Crippen LogP) is 0.0515. The van der Waals surface area contributed by atoms with Crippen molar-refractivity contribution in [3.8, 4) is 0 Å². The summed E-state index contributed by atoms with van der Waals surface area (Å²) >= 11 is 1.44. The van der Waals surface area contributed by atoms with E-state index in [1.54, 1.807) is 4.90 Å². The molecule has 1 rings (SSSR count). The van der Waals surface area contributed by atoms with Gasteiger partial charge >= 0.3 is 5.97 Å². The molecular formula is C9H15NO4S. The zero-order chi connectivity index (χ0) is 11.3. The van der Waals surface area contributed by atoms with Crippen molar-refractivity contribution in [2.75, 3.05) is 31.8 Å². The van der Waals surface area contributed by atoms with Gasteiger partial charge in [0.2, 0.25) is 5.91 Å². The molecule has 0 aromatic carbocycles. The lowest BCUT2D eigenvalue weighted by molar-refractivity contribution is -0.144. The van der Waals surface area contributed by atoms with Gasteiger partial charge in [0.05, 0.1) is 31.4 Å². The first-order valence-electron chi connectivity index (χ1n) is 4.73. The second-order valence-electron chi connectivity index (χ2n) is 3.35.